The smallest absolute Gasteiger partial charge is 0.417 e. The molecule has 2 aromatic rings. The first kappa shape index (κ1) is 18.9. The third kappa shape index (κ3) is 4.33. The van der Waals surface area contributed by atoms with Crippen molar-refractivity contribution in [2.75, 3.05) is 6.61 Å². The topological polar surface area (TPSA) is 76.1 Å². The molecule has 2 heterocycles. The van der Waals surface area contributed by atoms with E-state index in [9.17, 15) is 23.2 Å². The lowest BCUT2D eigenvalue weighted by Crippen LogP contribution is -2.18. The third-order valence-electron chi connectivity index (χ3n) is 3.08. The number of thioether (sulfide) groups is 1. The highest BCUT2D eigenvalue weighted by atomic mass is 32.2. The fourth-order valence-corrected chi connectivity index (χ4v) is 2.89. The summed E-state index contributed by atoms with van der Waals surface area (Å²) in [4.78, 5) is 15.8. The van der Waals surface area contributed by atoms with Crippen LogP contribution in [0, 0.1) is 11.3 Å². The Morgan fingerprint density at radius 2 is 2.24 bits per heavy atom. The number of furan rings is 1. The predicted octanol–water partition coefficient (Wildman–Crippen LogP) is 4.28. The van der Waals surface area contributed by atoms with Gasteiger partial charge in [0.1, 0.15) is 22.0 Å². The minimum Gasteiger partial charge on any atom is -0.465 e. The Morgan fingerprint density at radius 3 is 2.76 bits per heavy atom. The number of aromatic nitrogens is 1. The van der Waals surface area contributed by atoms with E-state index in [0.29, 0.717) is 0 Å². The quantitative estimate of drug-likeness (QED) is 0.578. The van der Waals surface area contributed by atoms with Crippen LogP contribution in [0.15, 0.2) is 33.9 Å². The van der Waals surface area contributed by atoms with Crippen molar-refractivity contribution in [3.63, 3.8) is 0 Å². The number of ether oxygens (including phenoxy) is 1. The number of nitriles is 1. The van der Waals surface area contributed by atoms with E-state index in [4.69, 9.17) is 9.15 Å². The summed E-state index contributed by atoms with van der Waals surface area (Å²) >= 11 is 0.735. The average Bonchev–Trinajstić information content (AvgIpc) is 3.07. The van der Waals surface area contributed by atoms with Crippen LogP contribution in [0.2, 0.25) is 0 Å². The molecular formula is C16H13F3N2O3S. The number of halogens is 3. The van der Waals surface area contributed by atoms with Crippen LogP contribution in [-0.2, 0) is 15.7 Å². The normalized spacial score (nSPS) is 12.5. The van der Waals surface area contributed by atoms with E-state index < -0.39 is 28.5 Å². The van der Waals surface area contributed by atoms with E-state index in [1.54, 1.807) is 6.92 Å². The van der Waals surface area contributed by atoms with Gasteiger partial charge in [0.25, 0.3) is 0 Å². The zero-order chi connectivity index (χ0) is 18.6. The first-order chi connectivity index (χ1) is 11.8. The number of carbonyl (C=O) groups is 1. The summed E-state index contributed by atoms with van der Waals surface area (Å²) in [6.07, 6.45) is -3.45. The largest absolute Gasteiger partial charge is 0.465 e. The second-order valence-electron chi connectivity index (χ2n) is 4.83. The summed E-state index contributed by atoms with van der Waals surface area (Å²) in [7, 11) is 0. The molecule has 0 bridgehead atoms. The van der Waals surface area contributed by atoms with Crippen molar-refractivity contribution in [2.45, 2.75) is 30.3 Å². The highest BCUT2D eigenvalue weighted by Crippen LogP contribution is 2.39. The molecule has 0 unspecified atom stereocenters. The summed E-state index contributed by atoms with van der Waals surface area (Å²) < 4.78 is 50.0. The van der Waals surface area contributed by atoms with Gasteiger partial charge in [-0.15, -0.1) is 0 Å². The molecule has 5 nitrogen and oxygen atoms in total. The molecule has 0 aromatic carbocycles. The Labute approximate surface area is 145 Å². The van der Waals surface area contributed by atoms with Gasteiger partial charge in [0.2, 0.25) is 0 Å². The van der Waals surface area contributed by atoms with Crippen LogP contribution >= 0.6 is 11.8 Å². The molecule has 0 aliphatic carbocycles. The number of hydrogen-bond donors (Lipinski definition) is 0. The molecule has 0 aliphatic heterocycles. The summed E-state index contributed by atoms with van der Waals surface area (Å²) in [5.74, 6) is -0.476. The molecular weight excluding hydrogens is 357 g/mol. The van der Waals surface area contributed by atoms with Crippen LogP contribution < -0.4 is 0 Å². The maximum Gasteiger partial charge on any atom is 0.417 e. The molecule has 0 spiro atoms. The van der Waals surface area contributed by atoms with E-state index in [-0.39, 0.29) is 23.1 Å². The Morgan fingerprint density at radius 1 is 1.52 bits per heavy atom. The van der Waals surface area contributed by atoms with Crippen LogP contribution in [0.25, 0.3) is 11.5 Å². The lowest BCUT2D eigenvalue weighted by molar-refractivity contribution is -0.142. The van der Waals surface area contributed by atoms with Gasteiger partial charge in [0, 0.05) is 0 Å². The monoisotopic (exact) mass is 370 g/mol. The molecule has 132 valence electrons. The molecule has 0 amide bonds. The highest BCUT2D eigenvalue weighted by molar-refractivity contribution is 8.00. The number of alkyl halides is 3. The minimum atomic E-state index is -4.75. The van der Waals surface area contributed by atoms with Crippen LogP contribution in [-0.4, -0.2) is 22.8 Å². The second-order valence-corrected chi connectivity index (χ2v) is 6.16. The first-order valence-electron chi connectivity index (χ1n) is 7.17. The molecule has 0 fully saturated rings. The number of carbonyl (C=O) groups excluding carboxylic acids is 1. The van der Waals surface area contributed by atoms with Gasteiger partial charge in [-0.2, -0.15) is 18.4 Å². The Kier molecular flexibility index (Phi) is 5.74. The summed E-state index contributed by atoms with van der Waals surface area (Å²) in [5, 5.41) is 8.17. The lowest BCUT2D eigenvalue weighted by atomic mass is 10.1. The summed E-state index contributed by atoms with van der Waals surface area (Å²) in [6, 6.07) is 5.26. The minimum absolute atomic E-state index is 0.0742. The van der Waals surface area contributed by atoms with E-state index in [2.05, 4.69) is 4.98 Å². The fourth-order valence-electron chi connectivity index (χ4n) is 1.96. The number of rotatable bonds is 5. The second kappa shape index (κ2) is 7.61. The number of esters is 1. The van der Waals surface area contributed by atoms with Crippen molar-refractivity contribution in [3.8, 4) is 17.5 Å². The highest BCUT2D eigenvalue weighted by Gasteiger charge is 2.37. The average molecular weight is 370 g/mol. The van der Waals surface area contributed by atoms with Gasteiger partial charge in [0.05, 0.1) is 24.0 Å². The Balaban J connectivity index is 2.55. The molecule has 2 rings (SSSR count). The van der Waals surface area contributed by atoms with E-state index in [1.807, 2.05) is 0 Å². The van der Waals surface area contributed by atoms with Crippen LogP contribution in [0.4, 0.5) is 13.2 Å². The van der Waals surface area contributed by atoms with E-state index >= 15 is 0 Å². The zero-order valence-corrected chi connectivity index (χ0v) is 14.1. The Hall–Kier alpha value is -2.47. The van der Waals surface area contributed by atoms with Crippen molar-refractivity contribution >= 4 is 17.7 Å². The van der Waals surface area contributed by atoms with Crippen molar-refractivity contribution in [1.29, 1.82) is 5.26 Å². The molecule has 0 saturated heterocycles. The van der Waals surface area contributed by atoms with Crippen LogP contribution in [0.1, 0.15) is 25.0 Å². The van der Waals surface area contributed by atoms with Crippen molar-refractivity contribution in [3.05, 3.63) is 35.6 Å². The van der Waals surface area contributed by atoms with Gasteiger partial charge in [0.15, 0.2) is 5.76 Å². The summed E-state index contributed by atoms with van der Waals surface area (Å²) in [5.41, 5.74) is -1.84. The van der Waals surface area contributed by atoms with Crippen LogP contribution in [0.5, 0.6) is 0 Å². The number of hydrogen-bond acceptors (Lipinski definition) is 6. The first-order valence-corrected chi connectivity index (χ1v) is 8.05. The molecule has 0 saturated carbocycles. The molecule has 25 heavy (non-hydrogen) atoms. The predicted molar refractivity (Wildman–Crippen MR) is 83.6 cm³/mol. The van der Waals surface area contributed by atoms with Crippen LogP contribution in [0.3, 0.4) is 0 Å². The molecule has 9 heteroatoms. The number of nitrogens with zero attached hydrogens (tertiary/aromatic N) is 2. The van der Waals surface area contributed by atoms with Crippen molar-refractivity contribution in [2.24, 2.45) is 0 Å². The molecule has 2 aromatic heterocycles. The lowest BCUT2D eigenvalue weighted by Gasteiger charge is -2.15. The molecule has 0 radical (unpaired) electrons. The van der Waals surface area contributed by atoms with E-state index in [1.165, 1.54) is 31.4 Å². The van der Waals surface area contributed by atoms with E-state index in [0.717, 1.165) is 17.8 Å². The van der Waals surface area contributed by atoms with Gasteiger partial charge < -0.3 is 9.15 Å². The van der Waals surface area contributed by atoms with Gasteiger partial charge in [-0.1, -0.05) is 11.8 Å². The van der Waals surface area contributed by atoms with Crippen molar-refractivity contribution < 1.29 is 27.1 Å². The molecule has 0 N–H and O–H groups in total. The molecule has 1 atom stereocenters. The molecule has 0 aliphatic rings. The summed E-state index contributed by atoms with van der Waals surface area (Å²) in [6.45, 7) is 3.23. The SMILES string of the molecule is CCOC(=O)[C@@H](C)Sc1nc(-c2ccco2)cc(C(F)(F)F)c1C#N. The maximum absolute atomic E-state index is 13.3. The van der Waals surface area contributed by atoms with Gasteiger partial charge in [-0.3, -0.25) is 4.79 Å². The number of pyridine rings is 1. The van der Waals surface area contributed by atoms with Gasteiger partial charge in [-0.25, -0.2) is 4.98 Å². The van der Waals surface area contributed by atoms with Gasteiger partial charge >= 0.3 is 12.1 Å². The maximum atomic E-state index is 13.3. The Bertz CT molecular complexity index is 798. The van der Waals surface area contributed by atoms with Gasteiger partial charge in [-0.05, 0) is 32.0 Å². The van der Waals surface area contributed by atoms with Crippen molar-refractivity contribution in [1.82, 2.24) is 4.98 Å². The fraction of sp³-hybridized carbons (Fsp3) is 0.312. The zero-order valence-electron chi connectivity index (χ0n) is 13.3. The third-order valence-corrected chi connectivity index (χ3v) is 4.15. The standard InChI is InChI=1S/C16H13F3N2O3S/c1-3-23-15(22)9(2)25-14-10(8-20)11(16(17,18)19)7-12(21-14)13-5-4-6-24-13/h4-7,9H,3H2,1-2H3/t9-/m1/s1.